The molecular formula is C18H27NO2S. The molecule has 0 aromatic heterocycles. The van der Waals surface area contributed by atoms with E-state index >= 15 is 0 Å². The second kappa shape index (κ2) is 11.0. The summed E-state index contributed by atoms with van der Waals surface area (Å²) in [6.45, 7) is 10.2. The van der Waals surface area contributed by atoms with E-state index in [0.717, 1.165) is 11.1 Å². The van der Waals surface area contributed by atoms with Gasteiger partial charge in [-0.3, -0.25) is 0 Å². The van der Waals surface area contributed by atoms with Gasteiger partial charge in [-0.15, -0.1) is 0 Å². The second-order valence-electron chi connectivity index (χ2n) is 3.89. The lowest BCUT2D eigenvalue weighted by Gasteiger charge is -2.06. The molecule has 0 aliphatic carbocycles. The van der Waals surface area contributed by atoms with Crippen LogP contribution >= 0.6 is 0 Å². The van der Waals surface area contributed by atoms with E-state index < -0.39 is 10.0 Å². The molecule has 0 unspecified atom stereocenters. The Morgan fingerprint density at radius 1 is 0.773 bits per heavy atom. The van der Waals surface area contributed by atoms with Crippen molar-refractivity contribution in [2.75, 3.05) is 6.54 Å². The third kappa shape index (κ3) is 6.00. The van der Waals surface area contributed by atoms with Gasteiger partial charge in [0.2, 0.25) is 10.0 Å². The first kappa shape index (κ1) is 20.3. The molecule has 0 saturated heterocycles. The fraction of sp³-hybridized carbons (Fsp3) is 0.333. The van der Waals surface area contributed by atoms with Gasteiger partial charge in [0, 0.05) is 6.54 Å². The third-order valence-corrected chi connectivity index (χ3v) is 4.17. The molecule has 0 aliphatic rings. The summed E-state index contributed by atoms with van der Waals surface area (Å²) in [5, 5.41) is 0. The SMILES string of the molecule is CC.CC.CCNS(=O)(=O)c1ccc(-c2ccccc2)cc1. The number of nitrogens with one attached hydrogen (secondary N) is 1. The van der Waals surface area contributed by atoms with Crippen LogP contribution in [0.25, 0.3) is 11.1 Å². The van der Waals surface area contributed by atoms with Crippen LogP contribution in [0.3, 0.4) is 0 Å². The predicted octanol–water partition coefficient (Wildman–Crippen LogP) is 4.70. The lowest BCUT2D eigenvalue weighted by molar-refractivity contribution is 0.584. The standard InChI is InChI=1S/C14H15NO2S.2C2H6/c1-2-15-18(16,17)14-10-8-13(9-11-14)12-6-4-3-5-7-12;2*1-2/h3-11,15H,2H2,1H3;2*1-2H3. The molecule has 0 atom stereocenters. The van der Waals surface area contributed by atoms with Gasteiger partial charge < -0.3 is 0 Å². The summed E-state index contributed by atoms with van der Waals surface area (Å²) >= 11 is 0. The monoisotopic (exact) mass is 321 g/mol. The van der Waals surface area contributed by atoms with Crippen LogP contribution in [0.15, 0.2) is 59.5 Å². The van der Waals surface area contributed by atoms with Gasteiger partial charge in [0.1, 0.15) is 0 Å². The summed E-state index contributed by atoms with van der Waals surface area (Å²) < 4.78 is 26.0. The summed E-state index contributed by atoms with van der Waals surface area (Å²) in [5.41, 5.74) is 2.08. The largest absolute Gasteiger partial charge is 0.240 e. The fourth-order valence-corrected chi connectivity index (χ4v) is 2.77. The molecule has 2 aromatic carbocycles. The Morgan fingerprint density at radius 2 is 1.23 bits per heavy atom. The second-order valence-corrected chi connectivity index (χ2v) is 5.66. The van der Waals surface area contributed by atoms with Crippen LogP contribution in [0.4, 0.5) is 0 Å². The third-order valence-electron chi connectivity index (χ3n) is 2.61. The molecular weight excluding hydrogens is 294 g/mol. The normalized spacial score (nSPS) is 9.86. The number of hydrogen-bond donors (Lipinski definition) is 1. The molecule has 4 heteroatoms. The van der Waals surface area contributed by atoms with E-state index in [2.05, 4.69) is 4.72 Å². The van der Waals surface area contributed by atoms with Gasteiger partial charge >= 0.3 is 0 Å². The molecule has 1 N–H and O–H groups in total. The summed E-state index contributed by atoms with van der Waals surface area (Å²) in [5.74, 6) is 0. The van der Waals surface area contributed by atoms with Crippen molar-refractivity contribution in [3.63, 3.8) is 0 Å². The van der Waals surface area contributed by atoms with Gasteiger partial charge in [-0.1, -0.05) is 77.1 Å². The molecule has 0 saturated carbocycles. The van der Waals surface area contributed by atoms with Crippen LogP contribution in [0, 0.1) is 0 Å². The fourth-order valence-electron chi connectivity index (χ4n) is 1.73. The van der Waals surface area contributed by atoms with Crippen LogP contribution in [0.1, 0.15) is 34.6 Å². The number of hydrogen-bond acceptors (Lipinski definition) is 2. The quantitative estimate of drug-likeness (QED) is 0.887. The van der Waals surface area contributed by atoms with Gasteiger partial charge in [0.25, 0.3) is 0 Å². The smallest absolute Gasteiger partial charge is 0.211 e. The van der Waals surface area contributed by atoms with Gasteiger partial charge in [-0.25, -0.2) is 13.1 Å². The zero-order valence-electron chi connectivity index (χ0n) is 14.1. The summed E-state index contributed by atoms with van der Waals surface area (Å²) in [4.78, 5) is 0.295. The Morgan fingerprint density at radius 3 is 1.68 bits per heavy atom. The Balaban J connectivity index is 0.00000102. The Bertz CT molecular complexity index is 605. The summed E-state index contributed by atoms with van der Waals surface area (Å²) in [6.07, 6.45) is 0. The molecule has 0 spiro atoms. The van der Waals surface area contributed by atoms with E-state index in [9.17, 15) is 8.42 Å². The molecule has 2 aromatic rings. The van der Waals surface area contributed by atoms with Gasteiger partial charge in [0.15, 0.2) is 0 Å². The van der Waals surface area contributed by atoms with Crippen molar-refractivity contribution in [2.45, 2.75) is 39.5 Å². The minimum Gasteiger partial charge on any atom is -0.211 e. The lowest BCUT2D eigenvalue weighted by Crippen LogP contribution is -2.22. The van der Waals surface area contributed by atoms with Crippen molar-refractivity contribution in [2.24, 2.45) is 0 Å². The van der Waals surface area contributed by atoms with E-state index in [1.54, 1.807) is 19.1 Å². The molecule has 2 rings (SSSR count). The molecule has 122 valence electrons. The molecule has 22 heavy (non-hydrogen) atoms. The van der Waals surface area contributed by atoms with Crippen molar-refractivity contribution >= 4 is 10.0 Å². The van der Waals surface area contributed by atoms with Crippen molar-refractivity contribution in [1.29, 1.82) is 0 Å². The van der Waals surface area contributed by atoms with E-state index in [1.807, 2.05) is 70.2 Å². The van der Waals surface area contributed by atoms with Crippen LogP contribution in [-0.2, 0) is 10.0 Å². The highest BCUT2D eigenvalue weighted by Crippen LogP contribution is 2.20. The number of sulfonamides is 1. The molecule has 0 radical (unpaired) electrons. The maximum Gasteiger partial charge on any atom is 0.240 e. The van der Waals surface area contributed by atoms with Crippen LogP contribution in [0.2, 0.25) is 0 Å². The van der Waals surface area contributed by atoms with E-state index in [0.29, 0.717) is 11.4 Å². The van der Waals surface area contributed by atoms with Gasteiger partial charge in [0.05, 0.1) is 4.90 Å². The predicted molar refractivity (Wildman–Crippen MR) is 95.4 cm³/mol. The Kier molecular flexibility index (Phi) is 10.2. The molecule has 3 nitrogen and oxygen atoms in total. The summed E-state index contributed by atoms with van der Waals surface area (Å²) in [6, 6.07) is 16.7. The minimum absolute atomic E-state index is 0.295. The number of rotatable bonds is 4. The number of benzene rings is 2. The van der Waals surface area contributed by atoms with Crippen molar-refractivity contribution in [3.8, 4) is 11.1 Å². The van der Waals surface area contributed by atoms with Crippen LogP contribution in [0.5, 0.6) is 0 Å². The first-order valence-electron chi connectivity index (χ1n) is 7.78. The molecule has 0 aliphatic heterocycles. The maximum absolute atomic E-state index is 11.8. The van der Waals surface area contributed by atoms with E-state index in [-0.39, 0.29) is 0 Å². The van der Waals surface area contributed by atoms with Crippen molar-refractivity contribution in [1.82, 2.24) is 4.72 Å². The highest BCUT2D eigenvalue weighted by Gasteiger charge is 2.11. The van der Waals surface area contributed by atoms with Crippen LogP contribution in [-0.4, -0.2) is 15.0 Å². The first-order valence-corrected chi connectivity index (χ1v) is 9.27. The van der Waals surface area contributed by atoms with Crippen LogP contribution < -0.4 is 4.72 Å². The highest BCUT2D eigenvalue weighted by atomic mass is 32.2. The topological polar surface area (TPSA) is 46.2 Å². The maximum atomic E-state index is 11.8. The Hall–Kier alpha value is -1.65. The van der Waals surface area contributed by atoms with E-state index in [1.165, 1.54) is 0 Å². The zero-order chi connectivity index (χ0) is 17.0. The zero-order valence-corrected chi connectivity index (χ0v) is 14.9. The van der Waals surface area contributed by atoms with E-state index in [4.69, 9.17) is 0 Å². The molecule has 0 amide bonds. The van der Waals surface area contributed by atoms with Crippen molar-refractivity contribution < 1.29 is 8.42 Å². The molecule has 0 heterocycles. The average molecular weight is 321 g/mol. The minimum atomic E-state index is -3.36. The molecule has 0 fully saturated rings. The molecule has 0 bridgehead atoms. The highest BCUT2D eigenvalue weighted by molar-refractivity contribution is 7.89. The van der Waals surface area contributed by atoms with Crippen molar-refractivity contribution in [3.05, 3.63) is 54.6 Å². The average Bonchev–Trinajstić information content (AvgIpc) is 2.59. The summed E-state index contributed by atoms with van der Waals surface area (Å²) in [7, 11) is -3.36. The Labute approximate surface area is 135 Å². The van der Waals surface area contributed by atoms with Gasteiger partial charge in [-0.2, -0.15) is 0 Å². The first-order chi connectivity index (χ1) is 10.6. The van der Waals surface area contributed by atoms with Gasteiger partial charge in [-0.05, 0) is 23.3 Å². The lowest BCUT2D eigenvalue weighted by atomic mass is 10.1.